The van der Waals surface area contributed by atoms with Crippen LogP contribution in [-0.4, -0.2) is 36.4 Å². The molecule has 0 aliphatic carbocycles. The number of rotatable bonds is 4. The Hall–Kier alpha value is -2.08. The van der Waals surface area contributed by atoms with E-state index in [1.54, 1.807) is 0 Å². The van der Waals surface area contributed by atoms with Crippen molar-refractivity contribution in [3.63, 3.8) is 0 Å². The van der Waals surface area contributed by atoms with Crippen LogP contribution in [0.2, 0.25) is 0 Å². The minimum Gasteiger partial charge on any atom is -0.378 e. The summed E-state index contributed by atoms with van der Waals surface area (Å²) in [6, 6.07) is 6.45. The lowest BCUT2D eigenvalue weighted by molar-refractivity contribution is 0.122. The second-order valence-corrected chi connectivity index (χ2v) is 7.67. The highest BCUT2D eigenvalue weighted by Crippen LogP contribution is 2.27. The molecule has 2 heterocycles. The molecule has 1 saturated heterocycles. The maximum absolute atomic E-state index is 5.44. The molecule has 1 aromatic carbocycles. The third kappa shape index (κ3) is 4.12. The normalized spacial score (nSPS) is 16.8. The quantitative estimate of drug-likeness (QED) is 0.913. The third-order valence-electron chi connectivity index (χ3n) is 4.44. The van der Waals surface area contributed by atoms with Gasteiger partial charge in [-0.2, -0.15) is 4.98 Å². The van der Waals surface area contributed by atoms with Crippen LogP contribution >= 0.6 is 0 Å². The highest BCUT2D eigenvalue weighted by molar-refractivity contribution is 5.60. The number of aryl methyl sites for hydroxylation is 1. The summed E-state index contributed by atoms with van der Waals surface area (Å²) in [4.78, 5) is 6.89. The van der Waals surface area contributed by atoms with Crippen LogP contribution in [0, 0.1) is 6.92 Å². The lowest BCUT2D eigenvalue weighted by atomic mass is 9.96. The molecule has 0 radical (unpaired) electrons. The van der Waals surface area contributed by atoms with E-state index in [0.717, 1.165) is 37.8 Å². The lowest BCUT2D eigenvalue weighted by Gasteiger charge is -2.29. The molecule has 6 heteroatoms. The van der Waals surface area contributed by atoms with Gasteiger partial charge in [-0.25, -0.2) is 0 Å². The van der Waals surface area contributed by atoms with Crippen LogP contribution in [0.3, 0.4) is 0 Å². The zero-order chi connectivity index (χ0) is 18.0. The van der Waals surface area contributed by atoms with Crippen molar-refractivity contribution < 1.29 is 9.26 Å². The molecule has 1 aromatic heterocycles. The highest BCUT2D eigenvalue weighted by atomic mass is 16.5. The van der Waals surface area contributed by atoms with Crippen molar-refractivity contribution in [3.05, 3.63) is 35.5 Å². The van der Waals surface area contributed by atoms with Crippen LogP contribution in [0.25, 0.3) is 0 Å². The second kappa shape index (κ2) is 7.04. The van der Waals surface area contributed by atoms with Crippen molar-refractivity contribution in [2.45, 2.75) is 46.1 Å². The van der Waals surface area contributed by atoms with Crippen molar-refractivity contribution in [1.82, 2.24) is 10.1 Å². The first kappa shape index (κ1) is 17.7. The van der Waals surface area contributed by atoms with Crippen LogP contribution in [0.15, 0.2) is 22.7 Å². The Balaban J connectivity index is 1.70. The third-order valence-corrected chi connectivity index (χ3v) is 4.44. The molecule has 1 aliphatic heterocycles. The number of benzene rings is 1. The lowest BCUT2D eigenvalue weighted by Crippen LogP contribution is -2.36. The van der Waals surface area contributed by atoms with Crippen molar-refractivity contribution in [2.75, 3.05) is 36.5 Å². The molecule has 6 nitrogen and oxygen atoms in total. The van der Waals surface area contributed by atoms with Gasteiger partial charge in [0.25, 0.3) is 0 Å². The SMILES string of the molecule is Cc1cc(N2CCOCC2)ccc1N[C@@H](C)c1nc(C(C)(C)C)no1. The molecular weight excluding hydrogens is 316 g/mol. The summed E-state index contributed by atoms with van der Waals surface area (Å²) in [5.41, 5.74) is 3.41. The van der Waals surface area contributed by atoms with Crippen LogP contribution in [0.1, 0.15) is 51.0 Å². The monoisotopic (exact) mass is 344 g/mol. The fourth-order valence-electron chi connectivity index (χ4n) is 2.84. The number of aromatic nitrogens is 2. The predicted octanol–water partition coefficient (Wildman–Crippen LogP) is 3.69. The molecule has 0 unspecified atom stereocenters. The first-order valence-corrected chi connectivity index (χ1v) is 8.88. The predicted molar refractivity (Wildman–Crippen MR) is 99.2 cm³/mol. The molecular formula is C19H28N4O2. The van der Waals surface area contributed by atoms with Gasteiger partial charge in [-0.15, -0.1) is 0 Å². The molecule has 0 amide bonds. The molecule has 0 saturated carbocycles. The molecule has 1 N–H and O–H groups in total. The van der Waals surface area contributed by atoms with E-state index >= 15 is 0 Å². The first-order valence-electron chi connectivity index (χ1n) is 8.88. The minimum absolute atomic E-state index is 0.0449. The van der Waals surface area contributed by atoms with E-state index in [4.69, 9.17) is 9.26 Å². The van der Waals surface area contributed by atoms with E-state index in [-0.39, 0.29) is 11.5 Å². The minimum atomic E-state index is -0.114. The first-order chi connectivity index (χ1) is 11.8. The van der Waals surface area contributed by atoms with Gasteiger partial charge >= 0.3 is 0 Å². The molecule has 1 aliphatic rings. The summed E-state index contributed by atoms with van der Waals surface area (Å²) in [6.45, 7) is 13.9. The van der Waals surface area contributed by atoms with E-state index in [2.05, 4.69) is 66.3 Å². The summed E-state index contributed by atoms with van der Waals surface area (Å²) in [6.07, 6.45) is 0. The number of hydrogen-bond donors (Lipinski definition) is 1. The summed E-state index contributed by atoms with van der Waals surface area (Å²) in [7, 11) is 0. The molecule has 1 atom stereocenters. The molecule has 25 heavy (non-hydrogen) atoms. The number of anilines is 2. The van der Waals surface area contributed by atoms with Gasteiger partial charge < -0.3 is 19.5 Å². The van der Waals surface area contributed by atoms with Gasteiger partial charge in [-0.1, -0.05) is 25.9 Å². The Morgan fingerprint density at radius 3 is 2.52 bits per heavy atom. The van der Waals surface area contributed by atoms with Crippen LogP contribution in [-0.2, 0) is 10.2 Å². The van der Waals surface area contributed by atoms with Crippen molar-refractivity contribution in [2.24, 2.45) is 0 Å². The van der Waals surface area contributed by atoms with Crippen LogP contribution in [0.4, 0.5) is 11.4 Å². The second-order valence-electron chi connectivity index (χ2n) is 7.67. The summed E-state index contributed by atoms with van der Waals surface area (Å²) < 4.78 is 10.9. The van der Waals surface area contributed by atoms with Gasteiger partial charge in [-0.05, 0) is 37.6 Å². The van der Waals surface area contributed by atoms with Gasteiger partial charge in [0.1, 0.15) is 6.04 Å². The van der Waals surface area contributed by atoms with E-state index < -0.39 is 0 Å². The smallest absolute Gasteiger partial charge is 0.248 e. The average molecular weight is 344 g/mol. The molecule has 3 rings (SSSR count). The summed E-state index contributed by atoms with van der Waals surface area (Å²) >= 11 is 0. The van der Waals surface area contributed by atoms with E-state index in [9.17, 15) is 0 Å². The van der Waals surface area contributed by atoms with Crippen LogP contribution in [0.5, 0.6) is 0 Å². The van der Waals surface area contributed by atoms with E-state index in [1.807, 2.05) is 6.92 Å². The Kier molecular flexibility index (Phi) is 4.99. The molecule has 0 bridgehead atoms. The largest absolute Gasteiger partial charge is 0.378 e. The number of ether oxygens (including phenoxy) is 1. The Morgan fingerprint density at radius 2 is 1.92 bits per heavy atom. The zero-order valence-corrected chi connectivity index (χ0v) is 15.8. The Morgan fingerprint density at radius 1 is 1.20 bits per heavy atom. The van der Waals surface area contributed by atoms with Gasteiger partial charge in [0.15, 0.2) is 5.82 Å². The standard InChI is InChI=1S/C19H28N4O2/c1-13-12-15(23-8-10-24-11-9-23)6-7-16(13)20-14(2)17-21-18(22-25-17)19(3,4)5/h6-7,12,14,20H,8-11H2,1-5H3/t14-/m0/s1. The summed E-state index contributed by atoms with van der Waals surface area (Å²) in [5.74, 6) is 1.34. The van der Waals surface area contributed by atoms with Gasteiger partial charge in [-0.3, -0.25) is 0 Å². The van der Waals surface area contributed by atoms with Gasteiger partial charge in [0.05, 0.1) is 13.2 Å². The molecule has 0 spiro atoms. The molecule has 1 fully saturated rings. The fourth-order valence-corrected chi connectivity index (χ4v) is 2.84. The maximum Gasteiger partial charge on any atom is 0.248 e. The van der Waals surface area contributed by atoms with Crippen molar-refractivity contribution in [3.8, 4) is 0 Å². The zero-order valence-electron chi connectivity index (χ0n) is 15.8. The summed E-state index contributed by atoms with van der Waals surface area (Å²) in [5, 5.41) is 7.59. The fraction of sp³-hybridized carbons (Fsp3) is 0.579. The number of nitrogens with one attached hydrogen (secondary N) is 1. The van der Waals surface area contributed by atoms with Gasteiger partial charge in [0.2, 0.25) is 5.89 Å². The number of morpholine rings is 1. The number of hydrogen-bond acceptors (Lipinski definition) is 6. The Bertz CT molecular complexity index is 714. The average Bonchev–Trinajstić information content (AvgIpc) is 3.08. The topological polar surface area (TPSA) is 63.4 Å². The molecule has 2 aromatic rings. The van der Waals surface area contributed by atoms with E-state index in [1.165, 1.54) is 11.3 Å². The maximum atomic E-state index is 5.44. The van der Waals surface area contributed by atoms with E-state index in [0.29, 0.717) is 5.89 Å². The van der Waals surface area contributed by atoms with Gasteiger partial charge in [0, 0.05) is 29.9 Å². The molecule has 136 valence electrons. The van der Waals surface area contributed by atoms with Crippen molar-refractivity contribution >= 4 is 11.4 Å². The van der Waals surface area contributed by atoms with Crippen molar-refractivity contribution in [1.29, 1.82) is 0 Å². The Labute approximate surface area is 149 Å². The highest BCUT2D eigenvalue weighted by Gasteiger charge is 2.23. The van der Waals surface area contributed by atoms with Crippen LogP contribution < -0.4 is 10.2 Å². The number of nitrogens with zero attached hydrogens (tertiary/aromatic N) is 3.